The minimum atomic E-state index is -0.503. The highest BCUT2D eigenvalue weighted by Gasteiger charge is 2.63. The predicted molar refractivity (Wildman–Crippen MR) is 316 cm³/mol. The maximum Gasteiger partial charge on any atom is 0.164 e. The quantitative estimate of drug-likeness (QED) is 0.149. The van der Waals surface area contributed by atoms with Crippen LogP contribution in [0.15, 0.2) is 249 Å². The maximum absolute atomic E-state index is 5.24. The molecule has 4 saturated carbocycles. The minimum Gasteiger partial charge on any atom is -0.208 e. The van der Waals surface area contributed by atoms with Crippen LogP contribution in [0.4, 0.5) is 0 Å². The van der Waals surface area contributed by atoms with E-state index in [1.54, 1.807) is 11.1 Å². The van der Waals surface area contributed by atoms with Crippen LogP contribution in [-0.4, -0.2) is 15.0 Å². The average Bonchev–Trinajstić information content (AvgIpc) is 3.38. The molecule has 366 valence electrons. The molecule has 0 radical (unpaired) electrons. The summed E-state index contributed by atoms with van der Waals surface area (Å²) >= 11 is 0. The summed E-state index contributed by atoms with van der Waals surface area (Å²) in [6.45, 7) is 0. The molecule has 1 spiro atoms. The predicted octanol–water partition coefficient (Wildman–Crippen LogP) is 18.1. The molecule has 5 aliphatic rings. The maximum atomic E-state index is 5.24. The molecule has 5 aliphatic carbocycles. The molecule has 12 aromatic rings. The van der Waals surface area contributed by atoms with E-state index in [2.05, 4.69) is 231 Å². The Balaban J connectivity index is 0.802. The Morgan fingerprint density at radius 1 is 0.260 bits per heavy atom. The minimum absolute atomic E-state index is 0.0105. The van der Waals surface area contributed by atoms with E-state index in [9.17, 15) is 0 Å². The van der Waals surface area contributed by atoms with E-state index in [1.807, 2.05) is 18.2 Å². The summed E-state index contributed by atoms with van der Waals surface area (Å²) in [5.74, 6) is 4.96. The molecule has 77 heavy (non-hydrogen) atoms. The van der Waals surface area contributed by atoms with E-state index < -0.39 is 5.41 Å². The smallest absolute Gasteiger partial charge is 0.164 e. The Morgan fingerprint density at radius 2 is 0.623 bits per heavy atom. The summed E-state index contributed by atoms with van der Waals surface area (Å²) in [6, 6.07) is 92.4. The van der Waals surface area contributed by atoms with Crippen molar-refractivity contribution < 1.29 is 0 Å². The van der Waals surface area contributed by atoms with Gasteiger partial charge < -0.3 is 0 Å². The molecule has 1 aromatic heterocycles. The molecule has 0 saturated heterocycles. The number of hydrogen-bond acceptors (Lipinski definition) is 3. The lowest BCUT2D eigenvalue weighted by Crippen LogP contribution is -2.59. The topological polar surface area (TPSA) is 38.7 Å². The Labute approximate surface area is 450 Å². The van der Waals surface area contributed by atoms with E-state index >= 15 is 0 Å². The third-order valence-corrected chi connectivity index (χ3v) is 18.9. The van der Waals surface area contributed by atoms with E-state index in [1.165, 1.54) is 103 Å². The third kappa shape index (κ3) is 6.72. The van der Waals surface area contributed by atoms with Crippen LogP contribution < -0.4 is 0 Å². The molecular weight excluding hydrogens is 931 g/mol. The largest absolute Gasteiger partial charge is 0.208 e. The Bertz CT molecular complexity index is 4160. The van der Waals surface area contributed by atoms with Crippen molar-refractivity contribution in [2.75, 3.05) is 0 Å². The van der Waals surface area contributed by atoms with Crippen LogP contribution in [0.25, 0.3) is 88.7 Å². The van der Waals surface area contributed by atoms with Crippen molar-refractivity contribution in [1.82, 2.24) is 15.0 Å². The van der Waals surface area contributed by atoms with Crippen molar-refractivity contribution in [3.63, 3.8) is 0 Å². The first kappa shape index (κ1) is 44.5. The van der Waals surface area contributed by atoms with Gasteiger partial charge in [-0.3, -0.25) is 0 Å². The van der Waals surface area contributed by atoms with Gasteiger partial charge in [0.1, 0.15) is 0 Å². The molecule has 1 heterocycles. The molecule has 0 aliphatic heterocycles. The van der Waals surface area contributed by atoms with Crippen molar-refractivity contribution in [2.24, 2.45) is 23.7 Å². The highest BCUT2D eigenvalue weighted by Crippen LogP contribution is 2.70. The Hall–Kier alpha value is -8.79. The highest BCUT2D eigenvalue weighted by atomic mass is 15.0. The van der Waals surface area contributed by atoms with Crippen LogP contribution in [0, 0.1) is 23.7 Å². The van der Waals surface area contributed by atoms with Crippen LogP contribution in [0.2, 0.25) is 0 Å². The van der Waals surface area contributed by atoms with Gasteiger partial charge in [-0.15, -0.1) is 0 Å². The van der Waals surface area contributed by atoms with E-state index in [-0.39, 0.29) is 5.41 Å². The first-order valence-electron chi connectivity index (χ1n) is 27.8. The number of rotatable bonds is 7. The molecule has 0 atom stereocenters. The molecule has 0 unspecified atom stereocenters. The second kappa shape index (κ2) is 17.4. The van der Waals surface area contributed by atoms with E-state index in [0.717, 1.165) is 34.1 Å². The van der Waals surface area contributed by atoms with E-state index in [4.69, 9.17) is 15.0 Å². The summed E-state index contributed by atoms with van der Waals surface area (Å²) in [7, 11) is 0. The van der Waals surface area contributed by atoms with Crippen LogP contribution in [0.5, 0.6) is 0 Å². The molecule has 11 aromatic carbocycles. The molecule has 0 amide bonds. The number of benzene rings is 11. The average molecular weight is 986 g/mol. The van der Waals surface area contributed by atoms with Crippen molar-refractivity contribution in [2.45, 2.75) is 42.9 Å². The van der Waals surface area contributed by atoms with Gasteiger partial charge in [0.25, 0.3) is 0 Å². The first-order valence-corrected chi connectivity index (χ1v) is 27.8. The monoisotopic (exact) mass is 985 g/mol. The van der Waals surface area contributed by atoms with Crippen LogP contribution in [0.1, 0.15) is 65.5 Å². The Morgan fingerprint density at radius 3 is 1.14 bits per heavy atom. The van der Waals surface area contributed by atoms with Crippen LogP contribution >= 0.6 is 0 Å². The molecule has 4 fully saturated rings. The van der Waals surface area contributed by atoms with Gasteiger partial charge in [0.2, 0.25) is 0 Å². The Kier molecular flexibility index (Phi) is 10.0. The van der Waals surface area contributed by atoms with Crippen molar-refractivity contribution in [3.8, 4) is 56.4 Å². The SMILES string of the molecule is c1ccc(-c2nc(-c3ccc(-c4ccc5c(c4)C(c4ccccc4)(c4ccccc4)c4ccccc4C54C5CC6CC(C5)CC4C6)cc3)nc(-c3ccc(-c4ccc5c6ccccc6c6ccccc6c5c4)cc3)n2)cc1. The highest BCUT2D eigenvalue weighted by molar-refractivity contribution is 6.25. The summed E-state index contributed by atoms with van der Waals surface area (Å²) in [6.07, 6.45) is 6.78. The standard InChI is InChI=1S/C74H55N3/c1-4-16-51(17-5-1)70-75-71(52-32-28-49(29-33-52)54-36-38-64-62-24-11-10-22-60(62)61-23-12-13-25-63(61)65(64)45-54)77-72(76-70)53-34-30-50(31-35-53)55-37-39-68-69(46-55)73(56-18-6-2-7-19-56,57-20-8-3-9-21-57)66-26-14-15-27-67(66)74(68)58-41-47-40-48(43-58)44-59(74)42-47/h1-39,45-48,58-59H,40-44H2. The lowest BCUT2D eigenvalue weighted by molar-refractivity contribution is -0.0440. The first-order chi connectivity index (χ1) is 38.1. The molecule has 17 rings (SSSR count). The van der Waals surface area contributed by atoms with Gasteiger partial charge in [0.15, 0.2) is 17.5 Å². The van der Waals surface area contributed by atoms with Crippen LogP contribution in [0.3, 0.4) is 0 Å². The second-order valence-corrected chi connectivity index (χ2v) is 22.6. The fourth-order valence-corrected chi connectivity index (χ4v) is 15.9. The molecule has 3 nitrogen and oxygen atoms in total. The zero-order valence-electron chi connectivity index (χ0n) is 42.9. The molecule has 4 bridgehead atoms. The summed E-state index contributed by atoms with van der Waals surface area (Å²) in [4.78, 5) is 15.5. The molecular formula is C74H55N3. The van der Waals surface area contributed by atoms with E-state index in [0.29, 0.717) is 29.3 Å². The molecule has 3 heteroatoms. The van der Waals surface area contributed by atoms with Crippen molar-refractivity contribution in [3.05, 3.63) is 282 Å². The lowest BCUT2D eigenvalue weighted by atomic mass is 9.38. The zero-order valence-corrected chi connectivity index (χ0v) is 42.9. The van der Waals surface area contributed by atoms with Crippen LogP contribution in [-0.2, 0) is 10.8 Å². The van der Waals surface area contributed by atoms with Gasteiger partial charge in [0, 0.05) is 22.1 Å². The fraction of sp³-hybridized carbons (Fsp3) is 0.149. The van der Waals surface area contributed by atoms with Gasteiger partial charge in [0.05, 0.1) is 5.41 Å². The van der Waals surface area contributed by atoms with Crippen molar-refractivity contribution >= 4 is 32.3 Å². The second-order valence-electron chi connectivity index (χ2n) is 22.6. The van der Waals surface area contributed by atoms with Gasteiger partial charge in [-0.25, -0.2) is 15.0 Å². The number of aromatic nitrogens is 3. The van der Waals surface area contributed by atoms with Crippen molar-refractivity contribution in [1.29, 1.82) is 0 Å². The lowest BCUT2D eigenvalue weighted by Gasteiger charge is -2.65. The third-order valence-electron chi connectivity index (χ3n) is 18.9. The van der Waals surface area contributed by atoms with Gasteiger partial charge in [-0.1, -0.05) is 237 Å². The fourth-order valence-electron chi connectivity index (χ4n) is 15.9. The molecule has 0 N–H and O–H groups in total. The normalized spacial score (nSPS) is 20.6. The van der Waals surface area contributed by atoms with Gasteiger partial charge in [-0.05, 0) is 156 Å². The number of nitrogens with zero attached hydrogens (tertiary/aromatic N) is 3. The number of hydrogen-bond donors (Lipinski definition) is 0. The number of fused-ring (bicyclic) bond motifs is 8. The zero-order chi connectivity index (χ0) is 50.7. The van der Waals surface area contributed by atoms with Gasteiger partial charge >= 0.3 is 0 Å². The summed E-state index contributed by atoms with van der Waals surface area (Å²) < 4.78 is 0. The summed E-state index contributed by atoms with van der Waals surface area (Å²) in [5, 5.41) is 7.65. The van der Waals surface area contributed by atoms with Gasteiger partial charge in [-0.2, -0.15) is 0 Å². The summed E-state index contributed by atoms with van der Waals surface area (Å²) in [5.41, 5.74) is 15.7.